The van der Waals surface area contributed by atoms with Crippen molar-refractivity contribution >= 4 is 23.7 Å². The molecule has 0 heterocycles. The molecule has 0 bridgehead atoms. The van der Waals surface area contributed by atoms with Crippen LogP contribution in [0.4, 0.5) is 0 Å². The lowest BCUT2D eigenvalue weighted by atomic mass is 9.99. The normalized spacial score (nSPS) is 16.1. The largest absolute Gasteiger partial charge is 0.480 e. The molecule has 0 saturated heterocycles. The molecule has 168 valence electrons. The summed E-state index contributed by atoms with van der Waals surface area (Å²) < 4.78 is 0. The molecule has 0 aromatic heterocycles. The minimum absolute atomic E-state index is 0.0634. The molecule has 0 saturated carbocycles. The maximum absolute atomic E-state index is 12.4. The maximum atomic E-state index is 12.4. The van der Waals surface area contributed by atoms with E-state index in [1.807, 2.05) is 13.8 Å². The lowest BCUT2D eigenvalue weighted by molar-refractivity contribution is -0.143. The Kier molecular flexibility index (Phi) is 12.8. The van der Waals surface area contributed by atoms with E-state index in [1.54, 1.807) is 0 Å². The molecule has 0 radical (unpaired) electrons. The zero-order chi connectivity index (χ0) is 22.6. The predicted molar refractivity (Wildman–Crippen MR) is 107 cm³/mol. The number of unbranched alkanes of at least 4 members (excludes halogenated alkanes) is 1. The fourth-order valence-electron chi connectivity index (χ4n) is 2.40. The van der Waals surface area contributed by atoms with Gasteiger partial charge in [-0.3, -0.25) is 14.4 Å². The molecular weight excluding hydrogens is 382 g/mol. The number of carbonyl (C=O) groups is 4. The molecule has 11 heteroatoms. The Labute approximate surface area is 171 Å². The van der Waals surface area contributed by atoms with Gasteiger partial charge in [0.2, 0.25) is 17.7 Å². The number of carboxylic acid groups (broad SMARTS) is 1. The zero-order valence-corrected chi connectivity index (χ0v) is 17.3. The van der Waals surface area contributed by atoms with Crippen LogP contribution >= 0.6 is 0 Å². The number of carboxylic acids is 1. The third kappa shape index (κ3) is 9.68. The molecule has 9 N–H and O–H groups in total. The first kappa shape index (κ1) is 26.8. The fourth-order valence-corrected chi connectivity index (χ4v) is 2.40. The SMILES string of the molecule is CCC(C)C(N)C(=O)NC(C)C(=O)NC(CCCCN)C(=O)NC(CO)C(=O)O. The van der Waals surface area contributed by atoms with Gasteiger partial charge in [0.25, 0.3) is 0 Å². The van der Waals surface area contributed by atoms with Crippen molar-refractivity contribution in [2.75, 3.05) is 13.2 Å². The molecule has 0 spiro atoms. The number of hydrogen-bond acceptors (Lipinski definition) is 7. The zero-order valence-electron chi connectivity index (χ0n) is 17.3. The third-order valence-corrected chi connectivity index (χ3v) is 4.69. The van der Waals surface area contributed by atoms with Crippen molar-refractivity contribution in [3.8, 4) is 0 Å². The van der Waals surface area contributed by atoms with Gasteiger partial charge in [-0.15, -0.1) is 0 Å². The van der Waals surface area contributed by atoms with E-state index in [1.165, 1.54) is 6.92 Å². The van der Waals surface area contributed by atoms with Gasteiger partial charge in [0.05, 0.1) is 12.6 Å². The molecule has 3 amide bonds. The monoisotopic (exact) mass is 417 g/mol. The van der Waals surface area contributed by atoms with Gasteiger partial charge in [-0.1, -0.05) is 20.3 Å². The van der Waals surface area contributed by atoms with Gasteiger partial charge in [0, 0.05) is 0 Å². The number of aliphatic hydroxyl groups excluding tert-OH is 1. The van der Waals surface area contributed by atoms with Crippen molar-refractivity contribution in [1.29, 1.82) is 0 Å². The topological polar surface area (TPSA) is 197 Å². The van der Waals surface area contributed by atoms with Crippen molar-refractivity contribution in [2.24, 2.45) is 17.4 Å². The molecular formula is C18H35N5O6. The molecule has 5 unspecified atom stereocenters. The summed E-state index contributed by atoms with van der Waals surface area (Å²) in [6, 6.07) is -4.23. The Morgan fingerprint density at radius 3 is 2.00 bits per heavy atom. The number of amides is 3. The Hall–Kier alpha value is -2.24. The summed E-state index contributed by atoms with van der Waals surface area (Å²) in [5.41, 5.74) is 11.3. The summed E-state index contributed by atoms with van der Waals surface area (Å²) in [7, 11) is 0. The van der Waals surface area contributed by atoms with Gasteiger partial charge in [0.1, 0.15) is 18.1 Å². The highest BCUT2D eigenvalue weighted by Gasteiger charge is 2.28. The Balaban J connectivity index is 5.02. The highest BCUT2D eigenvalue weighted by molar-refractivity contribution is 5.93. The van der Waals surface area contributed by atoms with Gasteiger partial charge < -0.3 is 37.6 Å². The molecule has 29 heavy (non-hydrogen) atoms. The number of aliphatic hydroxyl groups is 1. The molecule has 0 aliphatic carbocycles. The summed E-state index contributed by atoms with van der Waals surface area (Å²) in [5, 5.41) is 25.2. The minimum atomic E-state index is -1.48. The van der Waals surface area contributed by atoms with Crippen LogP contribution < -0.4 is 27.4 Å². The van der Waals surface area contributed by atoms with E-state index in [-0.39, 0.29) is 12.3 Å². The lowest BCUT2D eigenvalue weighted by Gasteiger charge is -2.24. The maximum Gasteiger partial charge on any atom is 0.328 e. The highest BCUT2D eigenvalue weighted by Crippen LogP contribution is 2.06. The molecule has 5 atom stereocenters. The van der Waals surface area contributed by atoms with Gasteiger partial charge in [-0.25, -0.2) is 4.79 Å². The number of hydrogen-bond donors (Lipinski definition) is 7. The molecule has 0 fully saturated rings. The van der Waals surface area contributed by atoms with Gasteiger partial charge in [-0.2, -0.15) is 0 Å². The van der Waals surface area contributed by atoms with E-state index < -0.39 is 54.5 Å². The smallest absolute Gasteiger partial charge is 0.328 e. The van der Waals surface area contributed by atoms with E-state index in [9.17, 15) is 19.2 Å². The Morgan fingerprint density at radius 1 is 0.931 bits per heavy atom. The van der Waals surface area contributed by atoms with Crippen molar-refractivity contribution in [1.82, 2.24) is 16.0 Å². The number of nitrogens with two attached hydrogens (primary N) is 2. The number of aliphatic carboxylic acids is 1. The second-order valence-corrected chi connectivity index (χ2v) is 7.07. The van der Waals surface area contributed by atoms with Crippen LogP contribution in [0.25, 0.3) is 0 Å². The number of nitrogens with one attached hydrogen (secondary N) is 3. The fraction of sp³-hybridized carbons (Fsp3) is 0.778. The molecule has 0 aliphatic rings. The molecule has 0 rings (SSSR count). The third-order valence-electron chi connectivity index (χ3n) is 4.69. The lowest BCUT2D eigenvalue weighted by Crippen LogP contribution is -2.57. The highest BCUT2D eigenvalue weighted by atomic mass is 16.4. The van der Waals surface area contributed by atoms with Crippen molar-refractivity contribution < 1.29 is 29.4 Å². The van der Waals surface area contributed by atoms with Crippen LogP contribution in [0.1, 0.15) is 46.5 Å². The van der Waals surface area contributed by atoms with Crippen LogP contribution in [0.5, 0.6) is 0 Å². The van der Waals surface area contributed by atoms with Gasteiger partial charge >= 0.3 is 5.97 Å². The first-order valence-electron chi connectivity index (χ1n) is 9.79. The van der Waals surface area contributed by atoms with Crippen molar-refractivity contribution in [3.05, 3.63) is 0 Å². The second-order valence-electron chi connectivity index (χ2n) is 7.07. The average Bonchev–Trinajstić information content (AvgIpc) is 2.69. The van der Waals surface area contributed by atoms with Crippen LogP contribution in [0.15, 0.2) is 0 Å². The average molecular weight is 418 g/mol. The Morgan fingerprint density at radius 2 is 1.52 bits per heavy atom. The molecule has 0 aromatic rings. The van der Waals surface area contributed by atoms with Crippen LogP contribution in [0.2, 0.25) is 0 Å². The Bertz CT molecular complexity index is 559. The quantitative estimate of drug-likeness (QED) is 0.158. The number of rotatable bonds is 14. The van der Waals surface area contributed by atoms with Gasteiger partial charge in [0.15, 0.2) is 0 Å². The summed E-state index contributed by atoms with van der Waals surface area (Å²) in [6.45, 7) is 4.79. The van der Waals surface area contributed by atoms with E-state index in [2.05, 4.69) is 16.0 Å². The first-order valence-corrected chi connectivity index (χ1v) is 9.79. The summed E-state index contributed by atoms with van der Waals surface area (Å²) >= 11 is 0. The molecule has 11 nitrogen and oxygen atoms in total. The first-order chi connectivity index (χ1) is 13.6. The molecule has 0 aromatic carbocycles. The van der Waals surface area contributed by atoms with Crippen LogP contribution in [0, 0.1) is 5.92 Å². The summed E-state index contributed by atoms with van der Waals surface area (Å²) in [6.07, 6.45) is 2.05. The molecule has 0 aliphatic heterocycles. The second kappa shape index (κ2) is 13.9. The van der Waals surface area contributed by atoms with E-state index in [0.717, 1.165) is 0 Å². The van der Waals surface area contributed by atoms with Crippen LogP contribution in [-0.2, 0) is 19.2 Å². The van der Waals surface area contributed by atoms with Crippen LogP contribution in [-0.4, -0.2) is 71.2 Å². The van der Waals surface area contributed by atoms with E-state index >= 15 is 0 Å². The number of carbonyl (C=O) groups excluding carboxylic acids is 3. The van der Waals surface area contributed by atoms with Crippen molar-refractivity contribution in [2.45, 2.75) is 70.6 Å². The van der Waals surface area contributed by atoms with Gasteiger partial charge in [-0.05, 0) is 38.6 Å². The minimum Gasteiger partial charge on any atom is -0.480 e. The summed E-state index contributed by atoms with van der Waals surface area (Å²) in [5.74, 6) is -3.29. The van der Waals surface area contributed by atoms with Crippen molar-refractivity contribution in [3.63, 3.8) is 0 Å². The van der Waals surface area contributed by atoms with E-state index in [0.29, 0.717) is 25.8 Å². The van der Waals surface area contributed by atoms with Crippen LogP contribution in [0.3, 0.4) is 0 Å². The predicted octanol–water partition coefficient (Wildman–Crippen LogP) is -1.96. The summed E-state index contributed by atoms with van der Waals surface area (Å²) in [4.78, 5) is 48.0. The van der Waals surface area contributed by atoms with E-state index in [4.69, 9.17) is 21.7 Å². The standard InChI is InChI=1S/C18H35N5O6/c1-4-10(2)14(20)17(27)21-11(3)15(25)22-12(7-5-6-8-19)16(26)23-13(9-24)18(28)29/h10-14,24H,4-9,19-20H2,1-3H3,(H,21,27)(H,22,25)(H,23,26)(H,28,29).